The zero-order valence-electron chi connectivity index (χ0n) is 32.9. The van der Waals surface area contributed by atoms with E-state index in [1.807, 2.05) is 0 Å². The van der Waals surface area contributed by atoms with Crippen LogP contribution in [0.15, 0.2) is 180 Å². The first-order valence-electron chi connectivity index (χ1n) is 21.0. The third kappa shape index (κ3) is 5.96. The molecule has 0 spiro atoms. The quantitative estimate of drug-likeness (QED) is 0.162. The molecule has 58 heavy (non-hydrogen) atoms. The zero-order chi connectivity index (χ0) is 38.6. The van der Waals surface area contributed by atoms with Gasteiger partial charge in [-0.2, -0.15) is 0 Å². The van der Waals surface area contributed by atoms with Crippen molar-refractivity contribution in [1.82, 2.24) is 4.57 Å². The van der Waals surface area contributed by atoms with Crippen molar-refractivity contribution >= 4 is 45.5 Å². The number of para-hydroxylation sites is 1. The van der Waals surface area contributed by atoms with Crippen molar-refractivity contribution in [3.05, 3.63) is 198 Å². The fourth-order valence-corrected chi connectivity index (χ4v) is 9.79. The molecule has 3 heteroatoms. The Balaban J connectivity index is 0.954. The van der Waals surface area contributed by atoms with Crippen LogP contribution in [0.2, 0.25) is 0 Å². The monoisotopic (exact) mass is 750 g/mol. The van der Waals surface area contributed by atoms with Crippen molar-refractivity contribution in [1.29, 1.82) is 0 Å². The van der Waals surface area contributed by atoms with Gasteiger partial charge >= 0.3 is 0 Å². The maximum atomic E-state index is 6.60. The highest BCUT2D eigenvalue weighted by Gasteiger charge is 2.27. The maximum Gasteiger partial charge on any atom is 0.143 e. The Kier molecular flexibility index (Phi) is 8.61. The predicted molar refractivity (Wildman–Crippen MR) is 244 cm³/mol. The molecule has 2 unspecified atom stereocenters. The Morgan fingerprint density at radius 1 is 0.672 bits per heavy atom. The van der Waals surface area contributed by atoms with Crippen LogP contribution in [0.1, 0.15) is 67.5 Å². The second-order valence-electron chi connectivity index (χ2n) is 16.3. The van der Waals surface area contributed by atoms with Gasteiger partial charge in [0.2, 0.25) is 0 Å². The van der Waals surface area contributed by atoms with Crippen LogP contribution in [-0.2, 0) is 6.42 Å². The van der Waals surface area contributed by atoms with E-state index in [2.05, 4.69) is 192 Å². The van der Waals surface area contributed by atoms with Gasteiger partial charge in [0, 0.05) is 62.3 Å². The fraction of sp³-hybridized carbons (Fsp3) is 0.164. The van der Waals surface area contributed by atoms with Crippen LogP contribution in [0.5, 0.6) is 0 Å². The number of rotatable bonds is 7. The Morgan fingerprint density at radius 2 is 1.48 bits per heavy atom. The molecule has 0 N–H and O–H groups in total. The lowest BCUT2D eigenvalue weighted by atomic mass is 9.86. The van der Waals surface area contributed by atoms with Crippen molar-refractivity contribution in [2.45, 2.75) is 51.4 Å². The van der Waals surface area contributed by atoms with Gasteiger partial charge in [-0.05, 0) is 121 Å². The van der Waals surface area contributed by atoms with Crippen molar-refractivity contribution in [3.63, 3.8) is 0 Å². The minimum atomic E-state index is 0.441. The first-order chi connectivity index (χ1) is 28.7. The molecule has 0 saturated heterocycles. The number of nitrogens with zero attached hydrogens (tertiary/aromatic N) is 2. The minimum Gasteiger partial charge on any atom is -0.455 e. The van der Waals surface area contributed by atoms with Crippen LogP contribution in [0.25, 0.3) is 62.0 Å². The summed E-state index contributed by atoms with van der Waals surface area (Å²) in [5.74, 6) is 0.936. The molecule has 2 atom stereocenters. The molecule has 0 saturated carbocycles. The third-order valence-corrected chi connectivity index (χ3v) is 12.7. The van der Waals surface area contributed by atoms with Gasteiger partial charge < -0.3 is 13.9 Å². The summed E-state index contributed by atoms with van der Waals surface area (Å²) in [6.07, 6.45) is 29.9. The molecule has 3 nitrogen and oxygen atoms in total. The summed E-state index contributed by atoms with van der Waals surface area (Å²) in [7, 11) is 0. The molecule has 4 aliphatic carbocycles. The maximum absolute atomic E-state index is 6.60. The van der Waals surface area contributed by atoms with Crippen LogP contribution in [0, 0.1) is 5.92 Å². The molecule has 11 rings (SSSR count). The lowest BCUT2D eigenvalue weighted by Crippen LogP contribution is -2.18. The molecule has 2 aromatic heterocycles. The summed E-state index contributed by atoms with van der Waals surface area (Å²) in [6.45, 7) is 2.37. The second-order valence-corrected chi connectivity index (χ2v) is 16.3. The van der Waals surface area contributed by atoms with Crippen molar-refractivity contribution in [2.24, 2.45) is 5.92 Å². The van der Waals surface area contributed by atoms with E-state index in [0.29, 0.717) is 11.8 Å². The lowest BCUT2D eigenvalue weighted by Gasteiger charge is -2.30. The number of fused-ring (bicyclic) bond motifs is 6. The van der Waals surface area contributed by atoms with Gasteiger partial charge in [0.1, 0.15) is 11.2 Å². The van der Waals surface area contributed by atoms with Crippen LogP contribution in [0.4, 0.5) is 11.4 Å². The molecule has 282 valence electrons. The van der Waals surface area contributed by atoms with Crippen molar-refractivity contribution in [3.8, 4) is 27.9 Å². The molecule has 7 aromatic rings. The second kappa shape index (κ2) is 14.4. The van der Waals surface area contributed by atoms with Gasteiger partial charge in [0.15, 0.2) is 0 Å². The number of benzene rings is 5. The molecule has 5 aromatic carbocycles. The Bertz CT molecular complexity index is 2890. The van der Waals surface area contributed by atoms with Gasteiger partial charge in [0.05, 0.1) is 0 Å². The van der Waals surface area contributed by atoms with E-state index in [1.54, 1.807) is 0 Å². The van der Waals surface area contributed by atoms with E-state index in [-0.39, 0.29) is 0 Å². The van der Waals surface area contributed by atoms with Crippen LogP contribution in [0.3, 0.4) is 0 Å². The van der Waals surface area contributed by atoms with Crippen molar-refractivity contribution < 1.29 is 4.42 Å². The topological polar surface area (TPSA) is 21.3 Å². The van der Waals surface area contributed by atoms with E-state index in [0.717, 1.165) is 83.0 Å². The van der Waals surface area contributed by atoms with E-state index >= 15 is 0 Å². The van der Waals surface area contributed by atoms with Gasteiger partial charge in [-0.25, -0.2) is 0 Å². The fourth-order valence-electron chi connectivity index (χ4n) is 9.79. The van der Waals surface area contributed by atoms with Crippen LogP contribution < -0.4 is 4.90 Å². The molecule has 0 fully saturated rings. The summed E-state index contributed by atoms with van der Waals surface area (Å²) >= 11 is 0. The average Bonchev–Trinajstić information content (AvgIpc) is 3.84. The zero-order valence-corrected chi connectivity index (χ0v) is 32.9. The molecule has 0 radical (unpaired) electrons. The number of hydrogen-bond acceptors (Lipinski definition) is 2. The lowest BCUT2D eigenvalue weighted by molar-refractivity contribution is 0.670. The first-order valence-corrected chi connectivity index (χ1v) is 21.0. The number of furan rings is 1. The molecule has 0 aliphatic heterocycles. The molecular formula is C55H46N2O. The summed E-state index contributed by atoms with van der Waals surface area (Å²) < 4.78 is 9.12. The third-order valence-electron chi connectivity index (χ3n) is 12.7. The van der Waals surface area contributed by atoms with E-state index < -0.39 is 0 Å². The molecule has 4 aliphatic rings. The molecule has 0 bridgehead atoms. The standard InChI is InChI=1S/C55H46N2O/c1-37-12-10-19-49-48-17-8-9-21-52(48)57(54(37)49)45-32-26-41(27-33-45)40-24-30-44(31-25-40)56(43-28-22-39(23-29-43)38-13-4-2-5-14-38)46-34-35-53-51(36-46)50-20-11-18-47(55(50)58-53)42-15-6-3-7-16-42/h2-4,6-7,9-11,13,15-16,18-22,24-37,39H,5,8,12,14,17,23H2,1H3. The van der Waals surface area contributed by atoms with Crippen LogP contribution in [-0.4, -0.2) is 4.57 Å². The highest BCUT2D eigenvalue weighted by Crippen LogP contribution is 2.43. The largest absolute Gasteiger partial charge is 0.455 e. The molecule has 0 amide bonds. The van der Waals surface area contributed by atoms with E-state index in [4.69, 9.17) is 4.42 Å². The molecular weight excluding hydrogens is 705 g/mol. The molecule has 2 heterocycles. The van der Waals surface area contributed by atoms with Gasteiger partial charge in [-0.15, -0.1) is 0 Å². The number of allylic oxidation sites excluding steroid dienone is 9. The first kappa shape index (κ1) is 34.7. The summed E-state index contributed by atoms with van der Waals surface area (Å²) in [5.41, 5.74) is 18.5. The highest BCUT2D eigenvalue weighted by molar-refractivity contribution is 6.10. The predicted octanol–water partition coefficient (Wildman–Crippen LogP) is 15.1. The van der Waals surface area contributed by atoms with Crippen LogP contribution >= 0.6 is 0 Å². The Morgan fingerprint density at radius 3 is 2.28 bits per heavy atom. The number of aromatic nitrogens is 1. The smallest absolute Gasteiger partial charge is 0.143 e. The number of hydrogen-bond donors (Lipinski definition) is 0. The van der Waals surface area contributed by atoms with Gasteiger partial charge in [-0.1, -0.05) is 134 Å². The highest BCUT2D eigenvalue weighted by atomic mass is 16.3. The number of anilines is 2. The van der Waals surface area contributed by atoms with Gasteiger partial charge in [0.25, 0.3) is 0 Å². The van der Waals surface area contributed by atoms with E-state index in [9.17, 15) is 0 Å². The summed E-state index contributed by atoms with van der Waals surface area (Å²) in [6, 6.07) is 42.0. The normalized spacial score (nSPS) is 18.3. The average molecular weight is 751 g/mol. The van der Waals surface area contributed by atoms with Crippen molar-refractivity contribution in [2.75, 3.05) is 4.90 Å². The van der Waals surface area contributed by atoms with E-state index in [1.165, 1.54) is 50.6 Å². The summed E-state index contributed by atoms with van der Waals surface area (Å²) in [5, 5.41) is 2.25. The Hall–Kier alpha value is -6.58. The minimum absolute atomic E-state index is 0.441. The summed E-state index contributed by atoms with van der Waals surface area (Å²) in [4.78, 5) is 2.41. The SMILES string of the molecule is CC1CC=Cc2c3c(n(-c4ccc(-c5ccc(N(C6=CCC(C7=CC=CCC7)C=C6)c6ccc7oc8c(-c9ccccc9)cccc8c7c6)cc5)cc4)c21)C=CCC3. The Labute approximate surface area is 340 Å². The van der Waals surface area contributed by atoms with Gasteiger partial charge in [-0.3, -0.25) is 0 Å².